The Morgan fingerprint density at radius 2 is 2.15 bits per heavy atom. The first-order valence-electron chi connectivity index (χ1n) is 3.88. The van der Waals surface area contributed by atoms with Crippen molar-refractivity contribution in [3.8, 4) is 0 Å². The predicted octanol–water partition coefficient (Wildman–Crippen LogP) is 2.72. The highest BCUT2D eigenvalue weighted by molar-refractivity contribution is 14.1. The van der Waals surface area contributed by atoms with Gasteiger partial charge in [-0.05, 0) is 24.6 Å². The second kappa shape index (κ2) is 4.45. The van der Waals surface area contributed by atoms with Crippen LogP contribution in [-0.2, 0) is 4.79 Å². The van der Waals surface area contributed by atoms with Gasteiger partial charge in [0.15, 0.2) is 0 Å². The number of rotatable bonds is 2. The van der Waals surface area contributed by atoms with Crippen LogP contribution in [0.3, 0.4) is 0 Å². The highest BCUT2D eigenvalue weighted by atomic mass is 127. The fourth-order valence-corrected chi connectivity index (χ4v) is 1.59. The first-order valence-corrected chi connectivity index (χ1v) is 4.96. The van der Waals surface area contributed by atoms with Crippen LogP contribution in [0.2, 0.25) is 0 Å². The number of hydrogen-bond donors (Lipinski definition) is 2. The van der Waals surface area contributed by atoms with E-state index in [0.29, 0.717) is 0 Å². The summed E-state index contributed by atoms with van der Waals surface area (Å²) in [6.07, 6.45) is 0. The molecular formula is C9H11IN2O. The van der Waals surface area contributed by atoms with E-state index in [1.807, 2.05) is 25.1 Å². The van der Waals surface area contributed by atoms with E-state index in [1.54, 1.807) is 0 Å². The monoisotopic (exact) mass is 290 g/mol. The third-order valence-electron chi connectivity index (χ3n) is 1.66. The van der Waals surface area contributed by atoms with Gasteiger partial charge in [0.05, 0.1) is 22.9 Å². The maximum Gasteiger partial charge on any atom is 0.221 e. The molecule has 13 heavy (non-hydrogen) atoms. The molecule has 0 heterocycles. The average Bonchev–Trinajstić information content (AvgIpc) is 2.07. The van der Waals surface area contributed by atoms with Gasteiger partial charge in [-0.25, -0.2) is 0 Å². The molecule has 0 aliphatic rings. The molecule has 0 saturated heterocycles. The van der Waals surface area contributed by atoms with Gasteiger partial charge in [0.25, 0.3) is 0 Å². The highest BCUT2D eigenvalue weighted by Gasteiger charge is 1.99. The van der Waals surface area contributed by atoms with Crippen LogP contribution in [0.25, 0.3) is 0 Å². The molecule has 4 heteroatoms. The molecule has 0 saturated carbocycles. The number of nitrogens with one attached hydrogen (secondary N) is 2. The van der Waals surface area contributed by atoms with Crippen molar-refractivity contribution in [1.29, 1.82) is 0 Å². The molecule has 0 aliphatic carbocycles. The van der Waals surface area contributed by atoms with E-state index in [4.69, 9.17) is 0 Å². The molecule has 0 fully saturated rings. The lowest BCUT2D eigenvalue weighted by atomic mass is 10.2. The first-order chi connectivity index (χ1) is 6.13. The van der Waals surface area contributed by atoms with E-state index < -0.39 is 0 Å². The molecule has 1 aromatic rings. The number of halogens is 1. The van der Waals surface area contributed by atoms with Gasteiger partial charge in [-0.1, -0.05) is 6.07 Å². The summed E-state index contributed by atoms with van der Waals surface area (Å²) in [6.45, 7) is 3.51. The molecule has 0 radical (unpaired) electrons. The molecule has 1 aromatic carbocycles. The van der Waals surface area contributed by atoms with Gasteiger partial charge >= 0.3 is 0 Å². The summed E-state index contributed by atoms with van der Waals surface area (Å²) in [5.41, 5.74) is 2.99. The standard InChI is InChI=1S/C9H11IN2O/c1-6-3-4-8(11-7(2)13)5-9(6)12-10/h3-5,12H,1-2H3,(H,11,13). The molecule has 70 valence electrons. The maximum absolute atomic E-state index is 10.8. The Morgan fingerprint density at radius 1 is 1.46 bits per heavy atom. The van der Waals surface area contributed by atoms with Crippen molar-refractivity contribution in [3.63, 3.8) is 0 Å². The predicted molar refractivity (Wildman–Crippen MR) is 63.1 cm³/mol. The minimum absolute atomic E-state index is 0.0525. The lowest BCUT2D eigenvalue weighted by molar-refractivity contribution is -0.114. The Hall–Kier alpha value is -0.780. The average molecular weight is 290 g/mol. The zero-order valence-electron chi connectivity index (χ0n) is 7.52. The lowest BCUT2D eigenvalue weighted by Crippen LogP contribution is -2.05. The Kier molecular flexibility index (Phi) is 3.53. The quantitative estimate of drug-likeness (QED) is 0.649. The van der Waals surface area contributed by atoms with Crippen molar-refractivity contribution in [3.05, 3.63) is 23.8 Å². The van der Waals surface area contributed by atoms with Crippen LogP contribution in [0.1, 0.15) is 12.5 Å². The summed E-state index contributed by atoms with van der Waals surface area (Å²) < 4.78 is 3.03. The van der Waals surface area contributed by atoms with Gasteiger partial charge < -0.3 is 8.85 Å². The SMILES string of the molecule is CC(=O)Nc1ccc(C)c(NI)c1. The Labute approximate surface area is 91.4 Å². The number of amides is 1. The van der Waals surface area contributed by atoms with Gasteiger partial charge in [0.2, 0.25) is 5.91 Å². The van der Waals surface area contributed by atoms with Crippen molar-refractivity contribution in [2.75, 3.05) is 8.85 Å². The number of benzene rings is 1. The van der Waals surface area contributed by atoms with Crippen LogP contribution in [0.15, 0.2) is 18.2 Å². The molecule has 3 nitrogen and oxygen atoms in total. The molecule has 0 aromatic heterocycles. The topological polar surface area (TPSA) is 41.1 Å². The smallest absolute Gasteiger partial charge is 0.221 e. The third kappa shape index (κ3) is 2.87. The first kappa shape index (κ1) is 10.3. The maximum atomic E-state index is 10.8. The Balaban J connectivity index is 2.92. The number of anilines is 2. The van der Waals surface area contributed by atoms with Crippen LogP contribution in [0.4, 0.5) is 11.4 Å². The summed E-state index contributed by atoms with van der Waals surface area (Å²) in [4.78, 5) is 10.8. The molecule has 1 rings (SSSR count). The van der Waals surface area contributed by atoms with E-state index in [2.05, 4.69) is 31.7 Å². The van der Waals surface area contributed by atoms with Crippen LogP contribution in [0, 0.1) is 6.92 Å². The Bertz CT molecular complexity index is 325. The molecular weight excluding hydrogens is 279 g/mol. The zero-order chi connectivity index (χ0) is 9.84. The second-order valence-electron chi connectivity index (χ2n) is 2.81. The lowest BCUT2D eigenvalue weighted by Gasteiger charge is -2.07. The molecule has 1 amide bonds. The molecule has 0 spiro atoms. The van der Waals surface area contributed by atoms with Crippen LogP contribution in [0.5, 0.6) is 0 Å². The van der Waals surface area contributed by atoms with E-state index in [-0.39, 0.29) is 5.91 Å². The van der Waals surface area contributed by atoms with Crippen molar-refractivity contribution in [2.45, 2.75) is 13.8 Å². The molecule has 0 unspecified atom stereocenters. The normalized spacial score (nSPS) is 9.46. The largest absolute Gasteiger partial charge is 0.328 e. The fourth-order valence-electron chi connectivity index (χ4n) is 1.00. The van der Waals surface area contributed by atoms with E-state index in [1.165, 1.54) is 6.92 Å². The van der Waals surface area contributed by atoms with Crippen LogP contribution in [-0.4, -0.2) is 5.91 Å². The fraction of sp³-hybridized carbons (Fsp3) is 0.222. The van der Waals surface area contributed by atoms with Gasteiger partial charge in [-0.3, -0.25) is 4.79 Å². The minimum Gasteiger partial charge on any atom is -0.328 e. The van der Waals surface area contributed by atoms with Crippen molar-refractivity contribution in [2.24, 2.45) is 0 Å². The van der Waals surface area contributed by atoms with E-state index >= 15 is 0 Å². The molecule has 0 aliphatic heterocycles. The van der Waals surface area contributed by atoms with E-state index in [9.17, 15) is 4.79 Å². The molecule has 0 bridgehead atoms. The van der Waals surface area contributed by atoms with Crippen molar-refractivity contribution in [1.82, 2.24) is 0 Å². The van der Waals surface area contributed by atoms with Gasteiger partial charge in [-0.15, -0.1) is 0 Å². The van der Waals surface area contributed by atoms with Gasteiger partial charge in [-0.2, -0.15) is 0 Å². The summed E-state index contributed by atoms with van der Waals surface area (Å²) in [5.74, 6) is -0.0525. The molecule has 2 N–H and O–H groups in total. The summed E-state index contributed by atoms with van der Waals surface area (Å²) in [6, 6.07) is 5.75. The minimum atomic E-state index is -0.0525. The van der Waals surface area contributed by atoms with Crippen LogP contribution >= 0.6 is 22.9 Å². The zero-order valence-corrected chi connectivity index (χ0v) is 9.68. The van der Waals surface area contributed by atoms with Crippen molar-refractivity contribution < 1.29 is 4.79 Å². The third-order valence-corrected chi connectivity index (χ3v) is 2.24. The Morgan fingerprint density at radius 3 is 2.69 bits per heavy atom. The number of carbonyl (C=O) groups is 1. The number of aryl methyl sites for hydroxylation is 1. The van der Waals surface area contributed by atoms with Crippen molar-refractivity contribution >= 4 is 40.1 Å². The highest BCUT2D eigenvalue weighted by Crippen LogP contribution is 2.21. The van der Waals surface area contributed by atoms with Gasteiger partial charge in [0.1, 0.15) is 0 Å². The summed E-state index contributed by atoms with van der Waals surface area (Å²) >= 11 is 2.07. The number of hydrogen-bond acceptors (Lipinski definition) is 2. The second-order valence-corrected chi connectivity index (χ2v) is 3.34. The molecule has 0 atom stereocenters. The van der Waals surface area contributed by atoms with Crippen LogP contribution < -0.4 is 8.85 Å². The van der Waals surface area contributed by atoms with Gasteiger partial charge in [0, 0.05) is 18.3 Å². The van der Waals surface area contributed by atoms with E-state index in [0.717, 1.165) is 16.9 Å². The number of carbonyl (C=O) groups excluding carboxylic acids is 1. The summed E-state index contributed by atoms with van der Waals surface area (Å²) in [7, 11) is 0. The summed E-state index contributed by atoms with van der Waals surface area (Å²) in [5, 5.41) is 2.72.